The van der Waals surface area contributed by atoms with Crippen LogP contribution in [0.4, 0.5) is 5.69 Å². The van der Waals surface area contributed by atoms with Crippen LogP contribution < -0.4 is 10.2 Å². The number of H-pyrrole nitrogens is 1. The third kappa shape index (κ3) is 1.99. The molecule has 1 aromatic carbocycles. The maximum atomic E-state index is 4.03. The standard InChI is InChI=1S/C11H14N4.ClH/c1-2-11-9(8-13-14-11)7-10(1)15-5-3-12-4-6-15;/h1-2,7-8,12H,3-6H2,(H,13,14);1H. The van der Waals surface area contributed by atoms with Gasteiger partial charge in [-0.2, -0.15) is 5.10 Å². The predicted octanol–water partition coefficient (Wildman–Crippen LogP) is 1.39. The van der Waals surface area contributed by atoms with Crippen LogP contribution in [0.2, 0.25) is 0 Å². The molecule has 0 unspecified atom stereocenters. The Morgan fingerprint density at radius 1 is 1.19 bits per heavy atom. The lowest BCUT2D eigenvalue weighted by Gasteiger charge is -2.29. The number of rotatable bonds is 1. The summed E-state index contributed by atoms with van der Waals surface area (Å²) in [5.41, 5.74) is 2.40. The Kier molecular flexibility index (Phi) is 3.31. The number of aromatic nitrogens is 2. The molecule has 0 atom stereocenters. The number of fused-ring (bicyclic) bond motifs is 1. The van der Waals surface area contributed by atoms with Crippen LogP contribution in [-0.4, -0.2) is 36.4 Å². The highest BCUT2D eigenvalue weighted by Crippen LogP contribution is 2.20. The molecule has 2 aromatic rings. The molecular weight excluding hydrogens is 224 g/mol. The summed E-state index contributed by atoms with van der Waals surface area (Å²) in [4.78, 5) is 2.41. The van der Waals surface area contributed by atoms with Crippen molar-refractivity contribution < 1.29 is 0 Å². The van der Waals surface area contributed by atoms with Crippen LogP contribution in [0, 0.1) is 0 Å². The van der Waals surface area contributed by atoms with Crippen molar-refractivity contribution in [3.63, 3.8) is 0 Å². The van der Waals surface area contributed by atoms with E-state index in [4.69, 9.17) is 0 Å². The van der Waals surface area contributed by atoms with Crippen LogP contribution in [0.5, 0.6) is 0 Å². The summed E-state index contributed by atoms with van der Waals surface area (Å²) >= 11 is 0. The Morgan fingerprint density at radius 2 is 2.00 bits per heavy atom. The molecule has 3 rings (SSSR count). The number of piperazine rings is 1. The largest absolute Gasteiger partial charge is 0.369 e. The molecule has 5 heteroatoms. The summed E-state index contributed by atoms with van der Waals surface area (Å²) in [5.74, 6) is 0. The second-order valence-electron chi connectivity index (χ2n) is 3.88. The molecule has 1 aliphatic heterocycles. The van der Waals surface area contributed by atoms with Gasteiger partial charge in [0.05, 0.1) is 11.7 Å². The molecule has 1 saturated heterocycles. The van der Waals surface area contributed by atoms with Gasteiger partial charge in [-0.1, -0.05) is 0 Å². The van der Waals surface area contributed by atoms with Gasteiger partial charge in [0.2, 0.25) is 0 Å². The van der Waals surface area contributed by atoms with Gasteiger partial charge in [0.25, 0.3) is 0 Å². The second-order valence-corrected chi connectivity index (χ2v) is 3.88. The fraction of sp³-hybridized carbons (Fsp3) is 0.364. The fourth-order valence-electron chi connectivity index (χ4n) is 2.05. The van der Waals surface area contributed by atoms with Crippen molar-refractivity contribution in [2.75, 3.05) is 31.1 Å². The highest BCUT2D eigenvalue weighted by atomic mass is 35.5. The van der Waals surface area contributed by atoms with Crippen LogP contribution in [0.1, 0.15) is 0 Å². The fourth-order valence-corrected chi connectivity index (χ4v) is 2.05. The van der Waals surface area contributed by atoms with E-state index in [-0.39, 0.29) is 12.4 Å². The third-order valence-electron chi connectivity index (χ3n) is 2.91. The van der Waals surface area contributed by atoms with E-state index in [0.717, 1.165) is 31.7 Å². The molecule has 2 N–H and O–H groups in total. The minimum atomic E-state index is 0. The number of nitrogens with zero attached hydrogens (tertiary/aromatic N) is 2. The van der Waals surface area contributed by atoms with Crippen molar-refractivity contribution in [3.05, 3.63) is 24.4 Å². The lowest BCUT2D eigenvalue weighted by Crippen LogP contribution is -2.43. The van der Waals surface area contributed by atoms with Crippen LogP contribution in [0.25, 0.3) is 10.9 Å². The Labute approximate surface area is 100 Å². The second kappa shape index (κ2) is 4.72. The van der Waals surface area contributed by atoms with E-state index in [1.807, 2.05) is 6.20 Å². The third-order valence-corrected chi connectivity index (χ3v) is 2.91. The predicted molar refractivity (Wildman–Crippen MR) is 68.4 cm³/mol. The van der Waals surface area contributed by atoms with Gasteiger partial charge in [-0.05, 0) is 18.2 Å². The number of aromatic amines is 1. The summed E-state index contributed by atoms with van der Waals surface area (Å²) in [6.45, 7) is 4.32. The number of anilines is 1. The first-order valence-electron chi connectivity index (χ1n) is 5.32. The van der Waals surface area contributed by atoms with E-state index in [1.165, 1.54) is 11.1 Å². The molecular formula is C11H15ClN4. The van der Waals surface area contributed by atoms with E-state index in [0.29, 0.717) is 0 Å². The van der Waals surface area contributed by atoms with Gasteiger partial charge in [-0.3, -0.25) is 5.10 Å². The molecule has 0 amide bonds. The van der Waals surface area contributed by atoms with E-state index >= 15 is 0 Å². The molecule has 4 nitrogen and oxygen atoms in total. The van der Waals surface area contributed by atoms with Gasteiger partial charge in [0.15, 0.2) is 0 Å². The molecule has 0 aliphatic carbocycles. The summed E-state index contributed by atoms with van der Waals surface area (Å²) in [6.07, 6.45) is 1.88. The number of hydrogen-bond acceptors (Lipinski definition) is 3. The monoisotopic (exact) mass is 238 g/mol. The van der Waals surface area contributed by atoms with Crippen LogP contribution in [0.3, 0.4) is 0 Å². The van der Waals surface area contributed by atoms with Gasteiger partial charge in [-0.25, -0.2) is 0 Å². The molecule has 2 heterocycles. The summed E-state index contributed by atoms with van der Waals surface area (Å²) < 4.78 is 0. The Morgan fingerprint density at radius 3 is 2.81 bits per heavy atom. The average Bonchev–Trinajstić information content (AvgIpc) is 2.77. The summed E-state index contributed by atoms with van der Waals surface area (Å²) in [6, 6.07) is 6.45. The van der Waals surface area contributed by atoms with E-state index in [9.17, 15) is 0 Å². The maximum Gasteiger partial charge on any atom is 0.0651 e. The first kappa shape index (κ1) is 11.2. The highest BCUT2D eigenvalue weighted by Gasteiger charge is 2.10. The van der Waals surface area contributed by atoms with Crippen molar-refractivity contribution in [1.29, 1.82) is 0 Å². The minimum absolute atomic E-state index is 0. The first-order chi connectivity index (χ1) is 7.43. The van der Waals surface area contributed by atoms with Gasteiger partial charge in [-0.15, -0.1) is 12.4 Å². The molecule has 0 bridgehead atoms. The van der Waals surface area contributed by atoms with E-state index < -0.39 is 0 Å². The average molecular weight is 239 g/mol. The van der Waals surface area contributed by atoms with Crippen LogP contribution >= 0.6 is 12.4 Å². The van der Waals surface area contributed by atoms with Crippen molar-refractivity contribution in [1.82, 2.24) is 15.5 Å². The van der Waals surface area contributed by atoms with Gasteiger partial charge in [0.1, 0.15) is 0 Å². The van der Waals surface area contributed by atoms with E-state index in [1.54, 1.807) is 0 Å². The molecule has 16 heavy (non-hydrogen) atoms. The van der Waals surface area contributed by atoms with Crippen LogP contribution in [0.15, 0.2) is 24.4 Å². The molecule has 0 saturated carbocycles. The smallest absolute Gasteiger partial charge is 0.0651 e. The van der Waals surface area contributed by atoms with Crippen molar-refractivity contribution in [2.45, 2.75) is 0 Å². The lowest BCUT2D eigenvalue weighted by atomic mass is 10.2. The Balaban J connectivity index is 0.000000963. The summed E-state index contributed by atoms with van der Waals surface area (Å²) in [7, 11) is 0. The van der Waals surface area contributed by atoms with Crippen LogP contribution in [-0.2, 0) is 0 Å². The summed E-state index contributed by atoms with van der Waals surface area (Å²) in [5, 5.41) is 11.5. The van der Waals surface area contributed by atoms with Gasteiger partial charge >= 0.3 is 0 Å². The van der Waals surface area contributed by atoms with Crippen molar-refractivity contribution in [3.8, 4) is 0 Å². The van der Waals surface area contributed by atoms with Gasteiger partial charge < -0.3 is 10.2 Å². The molecule has 0 radical (unpaired) electrons. The number of halogens is 1. The zero-order valence-electron chi connectivity index (χ0n) is 8.94. The number of benzene rings is 1. The zero-order chi connectivity index (χ0) is 10.1. The number of nitrogens with one attached hydrogen (secondary N) is 2. The Hall–Kier alpha value is -1.26. The highest BCUT2D eigenvalue weighted by molar-refractivity contribution is 5.85. The first-order valence-corrected chi connectivity index (χ1v) is 5.32. The van der Waals surface area contributed by atoms with Crippen molar-refractivity contribution in [2.24, 2.45) is 0 Å². The van der Waals surface area contributed by atoms with Crippen molar-refractivity contribution >= 4 is 29.0 Å². The van der Waals surface area contributed by atoms with Gasteiger partial charge in [0, 0.05) is 37.3 Å². The molecule has 1 aromatic heterocycles. The van der Waals surface area contributed by atoms with E-state index in [2.05, 4.69) is 38.6 Å². The quantitative estimate of drug-likeness (QED) is 0.789. The Bertz CT molecular complexity index is 462. The molecule has 86 valence electrons. The SMILES string of the molecule is Cl.c1cc2[nH]ncc2cc1N1CCNCC1. The molecule has 0 spiro atoms. The number of hydrogen-bond donors (Lipinski definition) is 2. The normalized spacial score (nSPS) is 16.1. The lowest BCUT2D eigenvalue weighted by molar-refractivity contribution is 0.589. The minimum Gasteiger partial charge on any atom is -0.369 e. The molecule has 1 aliphatic rings. The maximum absolute atomic E-state index is 4.03. The zero-order valence-corrected chi connectivity index (χ0v) is 9.76. The molecule has 1 fully saturated rings. The topological polar surface area (TPSA) is 44.0 Å².